The van der Waals surface area contributed by atoms with Gasteiger partial charge in [-0.15, -0.1) is 0 Å². The molecule has 2 aromatic carbocycles. The number of hydrogen-bond acceptors (Lipinski definition) is 4. The number of aromatic nitrogens is 4. The monoisotopic (exact) mass is 419 g/mol. The molecule has 0 saturated carbocycles. The van der Waals surface area contributed by atoms with Gasteiger partial charge < -0.3 is 9.73 Å². The lowest BCUT2D eigenvalue weighted by molar-refractivity contribution is 0.321. The highest BCUT2D eigenvalue weighted by Crippen LogP contribution is 2.33. The molecule has 0 radical (unpaired) electrons. The van der Waals surface area contributed by atoms with Gasteiger partial charge in [0.15, 0.2) is 0 Å². The lowest BCUT2D eigenvalue weighted by atomic mass is 10.0. The average Bonchev–Trinajstić information content (AvgIpc) is 3.27. The third-order valence-corrected chi connectivity index (χ3v) is 5.68. The molecule has 2 aromatic heterocycles. The second kappa shape index (κ2) is 8.71. The van der Waals surface area contributed by atoms with E-state index in [1.807, 2.05) is 37.7 Å². The van der Waals surface area contributed by atoms with Gasteiger partial charge in [0.2, 0.25) is 0 Å². The van der Waals surface area contributed by atoms with Gasteiger partial charge in [0.25, 0.3) is 0 Å². The van der Waals surface area contributed by atoms with Gasteiger partial charge in [0, 0.05) is 54.8 Å². The van der Waals surface area contributed by atoms with Crippen LogP contribution >= 0.6 is 0 Å². The van der Waals surface area contributed by atoms with Crippen molar-refractivity contribution in [3.05, 3.63) is 64.9 Å². The summed E-state index contributed by atoms with van der Waals surface area (Å²) < 4.78 is 22.0. The Balaban J connectivity index is 1.61. The Bertz CT molecular complexity index is 1240. The van der Waals surface area contributed by atoms with Gasteiger partial charge in [-0.1, -0.05) is 6.07 Å². The third-order valence-electron chi connectivity index (χ3n) is 5.68. The Labute approximate surface area is 180 Å². The fourth-order valence-corrected chi connectivity index (χ4v) is 3.91. The number of nitrogens with zero attached hydrogens (tertiary/aromatic N) is 4. The van der Waals surface area contributed by atoms with Crippen molar-refractivity contribution < 1.29 is 9.13 Å². The van der Waals surface area contributed by atoms with Gasteiger partial charge in [-0.3, -0.25) is 9.78 Å². The fraction of sp³-hybridized carbons (Fsp3) is 0.292. The van der Waals surface area contributed by atoms with Crippen LogP contribution in [0.5, 0.6) is 5.75 Å². The van der Waals surface area contributed by atoms with Crippen LogP contribution in [0.2, 0.25) is 0 Å². The molecule has 0 aliphatic carbocycles. The third kappa shape index (κ3) is 4.21. The summed E-state index contributed by atoms with van der Waals surface area (Å²) in [5, 5.41) is 12.9. The van der Waals surface area contributed by atoms with Crippen molar-refractivity contribution in [2.24, 2.45) is 12.0 Å². The quantitative estimate of drug-likeness (QED) is 0.425. The molecule has 0 unspecified atom stereocenters. The highest BCUT2D eigenvalue weighted by molar-refractivity contribution is 5.87. The summed E-state index contributed by atoms with van der Waals surface area (Å²) in [7, 11) is 1.93. The maximum atomic E-state index is 14.0. The normalized spacial score (nSPS) is 11.2. The van der Waals surface area contributed by atoms with Gasteiger partial charge in [-0.25, -0.2) is 4.39 Å². The predicted molar refractivity (Wildman–Crippen MR) is 121 cm³/mol. The molecule has 4 rings (SSSR count). The Morgan fingerprint density at radius 3 is 2.74 bits per heavy atom. The van der Waals surface area contributed by atoms with Crippen LogP contribution in [0.3, 0.4) is 0 Å². The SMILES string of the molecule is C=NCCc1[nH]nc2ccc(-c3ccc(F)cc3OCCc3c(C)nn(C)c3C)cc12. The predicted octanol–water partition coefficient (Wildman–Crippen LogP) is 4.58. The van der Waals surface area contributed by atoms with Crippen LogP contribution in [0.15, 0.2) is 41.4 Å². The van der Waals surface area contributed by atoms with Gasteiger partial charge in [0.05, 0.1) is 17.8 Å². The first-order chi connectivity index (χ1) is 15.0. The maximum absolute atomic E-state index is 14.0. The number of benzene rings is 2. The van der Waals surface area contributed by atoms with Gasteiger partial charge in [-0.2, -0.15) is 10.2 Å². The number of fused-ring (bicyclic) bond motifs is 1. The van der Waals surface area contributed by atoms with E-state index in [2.05, 4.69) is 33.1 Å². The fourth-order valence-electron chi connectivity index (χ4n) is 3.91. The van der Waals surface area contributed by atoms with Crippen molar-refractivity contribution in [2.45, 2.75) is 26.7 Å². The van der Waals surface area contributed by atoms with Crippen molar-refractivity contribution in [2.75, 3.05) is 13.2 Å². The molecule has 160 valence electrons. The number of ether oxygens (including phenoxy) is 1. The summed E-state index contributed by atoms with van der Waals surface area (Å²) in [5.41, 5.74) is 6.97. The number of aryl methyl sites for hydroxylation is 2. The van der Waals surface area contributed by atoms with Crippen LogP contribution in [0.4, 0.5) is 4.39 Å². The molecule has 0 atom stereocenters. The lowest BCUT2D eigenvalue weighted by Gasteiger charge is -2.13. The van der Waals surface area contributed by atoms with Crippen LogP contribution in [-0.4, -0.2) is 39.8 Å². The molecule has 2 heterocycles. The van der Waals surface area contributed by atoms with E-state index in [1.54, 1.807) is 6.07 Å². The summed E-state index contributed by atoms with van der Waals surface area (Å²) in [6, 6.07) is 10.7. The molecule has 4 aromatic rings. The summed E-state index contributed by atoms with van der Waals surface area (Å²) in [4.78, 5) is 3.93. The molecule has 0 fully saturated rings. The van der Waals surface area contributed by atoms with Crippen molar-refractivity contribution in [3.63, 3.8) is 0 Å². The molecule has 0 aliphatic heterocycles. The first-order valence-electron chi connectivity index (χ1n) is 10.3. The molecule has 1 N–H and O–H groups in total. The van der Waals surface area contributed by atoms with Gasteiger partial charge in [0.1, 0.15) is 11.6 Å². The zero-order valence-corrected chi connectivity index (χ0v) is 18.1. The topological polar surface area (TPSA) is 68.1 Å². The van der Waals surface area contributed by atoms with E-state index in [0.717, 1.165) is 45.5 Å². The number of rotatable bonds is 8. The second-order valence-corrected chi connectivity index (χ2v) is 7.64. The number of halogens is 1. The Morgan fingerprint density at radius 1 is 1.16 bits per heavy atom. The molecule has 0 amide bonds. The van der Waals surface area contributed by atoms with Crippen LogP contribution in [0.1, 0.15) is 22.6 Å². The summed E-state index contributed by atoms with van der Waals surface area (Å²) in [6.07, 6.45) is 1.45. The van der Waals surface area contributed by atoms with Crippen molar-refractivity contribution in [3.8, 4) is 16.9 Å². The Hall–Kier alpha value is -3.48. The molecule has 7 heteroatoms. The molecule has 6 nitrogen and oxygen atoms in total. The van der Waals surface area contributed by atoms with Crippen molar-refractivity contribution >= 4 is 17.6 Å². The van der Waals surface area contributed by atoms with E-state index in [9.17, 15) is 4.39 Å². The number of aromatic amines is 1. The van der Waals surface area contributed by atoms with Crippen LogP contribution in [0, 0.1) is 19.7 Å². The first kappa shape index (κ1) is 20.8. The van der Waals surface area contributed by atoms with Crippen molar-refractivity contribution in [1.29, 1.82) is 0 Å². The zero-order valence-electron chi connectivity index (χ0n) is 18.1. The average molecular weight is 420 g/mol. The Morgan fingerprint density at radius 2 is 2.00 bits per heavy atom. The summed E-state index contributed by atoms with van der Waals surface area (Å²) in [6.45, 7) is 8.65. The highest BCUT2D eigenvalue weighted by Gasteiger charge is 2.13. The molecule has 0 spiro atoms. The maximum Gasteiger partial charge on any atom is 0.130 e. The molecular weight excluding hydrogens is 393 g/mol. The summed E-state index contributed by atoms with van der Waals surface area (Å²) in [5.74, 6) is 0.200. The molecule has 31 heavy (non-hydrogen) atoms. The molecule has 0 saturated heterocycles. The number of hydrogen-bond donors (Lipinski definition) is 1. The molecular formula is C24H26FN5O. The van der Waals surface area contributed by atoms with Crippen LogP contribution in [0.25, 0.3) is 22.0 Å². The first-order valence-corrected chi connectivity index (χ1v) is 10.3. The van der Waals surface area contributed by atoms with Crippen molar-refractivity contribution in [1.82, 2.24) is 20.0 Å². The minimum Gasteiger partial charge on any atom is -0.492 e. The number of nitrogens with one attached hydrogen (secondary N) is 1. The van der Waals surface area contributed by atoms with Gasteiger partial charge in [-0.05, 0) is 56.0 Å². The van der Waals surface area contributed by atoms with Crippen LogP contribution in [-0.2, 0) is 19.9 Å². The number of H-pyrrole nitrogens is 1. The highest BCUT2D eigenvalue weighted by atomic mass is 19.1. The second-order valence-electron chi connectivity index (χ2n) is 7.64. The van der Waals surface area contributed by atoms with E-state index in [4.69, 9.17) is 4.74 Å². The zero-order chi connectivity index (χ0) is 22.0. The summed E-state index contributed by atoms with van der Waals surface area (Å²) >= 11 is 0. The van der Waals surface area contributed by atoms with E-state index < -0.39 is 0 Å². The molecule has 0 bridgehead atoms. The molecule has 0 aliphatic rings. The Kier molecular flexibility index (Phi) is 5.84. The van der Waals surface area contributed by atoms with E-state index in [-0.39, 0.29) is 5.82 Å². The largest absolute Gasteiger partial charge is 0.492 e. The van der Waals surface area contributed by atoms with Crippen LogP contribution < -0.4 is 4.74 Å². The lowest BCUT2D eigenvalue weighted by Crippen LogP contribution is -2.04. The number of aliphatic imine (C=N–C) groups is 1. The van der Waals surface area contributed by atoms with E-state index >= 15 is 0 Å². The van der Waals surface area contributed by atoms with Gasteiger partial charge >= 0.3 is 0 Å². The minimum atomic E-state index is -0.324. The minimum absolute atomic E-state index is 0.324. The van der Waals surface area contributed by atoms with E-state index in [1.165, 1.54) is 17.7 Å². The van der Waals surface area contributed by atoms with E-state index in [0.29, 0.717) is 25.3 Å². The standard InChI is InChI=1S/C24H26FN5O/c1-15-19(16(2)30(4)29-15)10-12-31-24-14-18(25)6-7-20(24)17-5-8-22-21(13-17)23(28-27-22)9-11-26-3/h5-8,13-14H,3,9-12H2,1-2,4H3,(H,27,28). The smallest absolute Gasteiger partial charge is 0.130 e.